The Bertz CT molecular complexity index is 674. The maximum atomic E-state index is 13.3. The van der Waals surface area contributed by atoms with Crippen molar-refractivity contribution in [3.8, 4) is 0 Å². The summed E-state index contributed by atoms with van der Waals surface area (Å²) in [6.45, 7) is 4.26. The van der Waals surface area contributed by atoms with E-state index in [4.69, 9.17) is 11.6 Å². The monoisotopic (exact) mass is 387 g/mol. The highest BCUT2D eigenvalue weighted by Gasteiger charge is 2.42. The largest absolute Gasteiger partial charge is 0.462 e. The molecule has 0 unspecified atom stereocenters. The molecule has 1 heterocycles. The van der Waals surface area contributed by atoms with Crippen molar-refractivity contribution >= 4 is 22.8 Å². The highest BCUT2D eigenvalue weighted by molar-refractivity contribution is 6.68. The molecule has 0 aliphatic heterocycles. The lowest BCUT2D eigenvalue weighted by Crippen LogP contribution is -2.24. The number of hydrogen-bond acceptors (Lipinski definition) is 4. The summed E-state index contributed by atoms with van der Waals surface area (Å²) in [4.78, 5) is 26.5. The number of carbonyl (C=O) groups is 2. The number of nitrogens with zero attached hydrogens (tertiary/aromatic N) is 1. The van der Waals surface area contributed by atoms with E-state index in [1.54, 1.807) is 13.8 Å². The van der Waals surface area contributed by atoms with Gasteiger partial charge in [0.05, 0.1) is 17.7 Å². The topological polar surface area (TPSA) is 56.3 Å². The standard InChI is InChI=1S/C15H15ClF5NO3/c1-4-25-14(24)9-7(5-6(2)3)8(12(16)23)10(13(17)18)22-11(9)15(19,20)21/h6,13H,4-5H2,1-3H3. The Labute approximate surface area is 145 Å². The van der Waals surface area contributed by atoms with E-state index in [0.717, 1.165) is 0 Å². The molecule has 140 valence electrons. The molecule has 0 aliphatic carbocycles. The van der Waals surface area contributed by atoms with Gasteiger partial charge < -0.3 is 4.74 Å². The molecule has 1 rings (SSSR count). The predicted molar refractivity (Wildman–Crippen MR) is 78.9 cm³/mol. The van der Waals surface area contributed by atoms with Crippen molar-refractivity contribution in [1.29, 1.82) is 0 Å². The van der Waals surface area contributed by atoms with Crippen LogP contribution in [0.3, 0.4) is 0 Å². The Morgan fingerprint density at radius 1 is 1.20 bits per heavy atom. The van der Waals surface area contributed by atoms with Gasteiger partial charge in [-0.2, -0.15) is 13.2 Å². The molecule has 0 saturated carbocycles. The van der Waals surface area contributed by atoms with Crippen LogP contribution in [0.5, 0.6) is 0 Å². The molecule has 4 nitrogen and oxygen atoms in total. The van der Waals surface area contributed by atoms with Gasteiger partial charge in [0.15, 0.2) is 5.69 Å². The molecule has 25 heavy (non-hydrogen) atoms. The van der Waals surface area contributed by atoms with Crippen LogP contribution in [-0.2, 0) is 17.3 Å². The van der Waals surface area contributed by atoms with Crippen LogP contribution < -0.4 is 0 Å². The van der Waals surface area contributed by atoms with Crippen LogP contribution in [-0.4, -0.2) is 22.8 Å². The second-order valence-corrected chi connectivity index (χ2v) is 5.81. The predicted octanol–water partition coefficient (Wildman–Crippen LogP) is 4.79. The van der Waals surface area contributed by atoms with Crippen LogP contribution >= 0.6 is 11.6 Å². The van der Waals surface area contributed by atoms with Gasteiger partial charge >= 0.3 is 12.1 Å². The zero-order chi connectivity index (χ0) is 19.5. The van der Waals surface area contributed by atoms with Crippen LogP contribution in [0.15, 0.2) is 0 Å². The third-order valence-electron chi connectivity index (χ3n) is 3.09. The fraction of sp³-hybridized carbons (Fsp3) is 0.533. The van der Waals surface area contributed by atoms with Gasteiger partial charge in [-0.3, -0.25) is 4.79 Å². The third-order valence-corrected chi connectivity index (χ3v) is 3.28. The second kappa shape index (κ2) is 8.07. The van der Waals surface area contributed by atoms with Crippen molar-refractivity contribution in [3.63, 3.8) is 0 Å². The average molecular weight is 388 g/mol. The van der Waals surface area contributed by atoms with Gasteiger partial charge in [0.2, 0.25) is 0 Å². The van der Waals surface area contributed by atoms with E-state index in [-0.39, 0.29) is 18.9 Å². The minimum atomic E-state index is -5.20. The highest BCUT2D eigenvalue weighted by Crippen LogP contribution is 2.38. The first-order chi connectivity index (χ1) is 11.4. The second-order valence-electron chi connectivity index (χ2n) is 5.46. The van der Waals surface area contributed by atoms with Crippen LogP contribution in [0.25, 0.3) is 0 Å². The fourth-order valence-corrected chi connectivity index (χ4v) is 2.48. The molecule has 0 fully saturated rings. The Kier molecular flexibility index (Phi) is 6.87. The smallest absolute Gasteiger partial charge is 0.434 e. The summed E-state index contributed by atoms with van der Waals surface area (Å²) in [6, 6.07) is 0. The zero-order valence-corrected chi connectivity index (χ0v) is 14.3. The van der Waals surface area contributed by atoms with Crippen molar-refractivity contribution in [1.82, 2.24) is 4.98 Å². The van der Waals surface area contributed by atoms with E-state index in [1.807, 2.05) is 0 Å². The molecule has 0 atom stereocenters. The van der Waals surface area contributed by atoms with Crippen molar-refractivity contribution in [3.05, 3.63) is 28.1 Å². The van der Waals surface area contributed by atoms with E-state index in [9.17, 15) is 31.5 Å². The van der Waals surface area contributed by atoms with Gasteiger partial charge in [-0.25, -0.2) is 18.6 Å². The van der Waals surface area contributed by atoms with Crippen molar-refractivity contribution < 1.29 is 36.3 Å². The first kappa shape index (κ1) is 21.3. The SMILES string of the molecule is CCOC(=O)c1c(C(F)(F)F)nc(C(F)F)c(C(=O)Cl)c1CC(C)C. The van der Waals surface area contributed by atoms with Gasteiger partial charge in [0.25, 0.3) is 11.7 Å². The molecule has 1 aromatic heterocycles. The number of halogens is 6. The van der Waals surface area contributed by atoms with Crippen LogP contribution in [0.1, 0.15) is 64.9 Å². The summed E-state index contributed by atoms with van der Waals surface area (Å²) in [5.41, 5.74) is -5.71. The lowest BCUT2D eigenvalue weighted by atomic mass is 9.91. The average Bonchev–Trinajstić information content (AvgIpc) is 2.43. The molecule has 0 aromatic carbocycles. The number of pyridine rings is 1. The summed E-state index contributed by atoms with van der Waals surface area (Å²) in [7, 11) is 0. The molecule has 0 amide bonds. The first-order valence-corrected chi connectivity index (χ1v) is 7.58. The summed E-state index contributed by atoms with van der Waals surface area (Å²) >= 11 is 5.32. The van der Waals surface area contributed by atoms with Crippen LogP contribution in [0.2, 0.25) is 0 Å². The fourth-order valence-electron chi connectivity index (χ4n) is 2.27. The number of carbonyl (C=O) groups excluding carboxylic acids is 2. The summed E-state index contributed by atoms with van der Waals surface area (Å²) < 4.78 is 70.9. The molecule has 0 radical (unpaired) electrons. The van der Waals surface area contributed by atoms with Gasteiger partial charge in [0.1, 0.15) is 5.69 Å². The number of aromatic nitrogens is 1. The van der Waals surface area contributed by atoms with Gasteiger partial charge in [-0.15, -0.1) is 0 Å². The molecular weight excluding hydrogens is 373 g/mol. The van der Waals surface area contributed by atoms with Gasteiger partial charge in [0, 0.05) is 0 Å². The van der Waals surface area contributed by atoms with Gasteiger partial charge in [-0.1, -0.05) is 13.8 Å². The molecule has 0 bridgehead atoms. The Hall–Kier alpha value is -1.77. The van der Waals surface area contributed by atoms with Crippen molar-refractivity contribution in [2.45, 2.75) is 39.8 Å². The van der Waals surface area contributed by atoms with E-state index < -0.39 is 51.9 Å². The normalized spacial score (nSPS) is 12.0. The quantitative estimate of drug-likeness (QED) is 0.400. The number of esters is 1. The minimum absolute atomic E-state index is 0.252. The maximum Gasteiger partial charge on any atom is 0.434 e. The van der Waals surface area contributed by atoms with E-state index >= 15 is 0 Å². The molecule has 0 N–H and O–H groups in total. The maximum absolute atomic E-state index is 13.3. The lowest BCUT2D eigenvalue weighted by Gasteiger charge is -2.21. The highest BCUT2D eigenvalue weighted by atomic mass is 35.5. The molecule has 10 heteroatoms. The summed E-state index contributed by atoms with van der Waals surface area (Å²) in [6.07, 6.45) is -8.96. The summed E-state index contributed by atoms with van der Waals surface area (Å²) in [5.74, 6) is -1.77. The lowest BCUT2D eigenvalue weighted by molar-refractivity contribution is -0.142. The minimum Gasteiger partial charge on any atom is -0.462 e. The number of alkyl halides is 5. The number of ether oxygens (including phenoxy) is 1. The van der Waals surface area contributed by atoms with E-state index in [1.165, 1.54) is 6.92 Å². The number of hydrogen-bond donors (Lipinski definition) is 0. The van der Waals surface area contributed by atoms with Gasteiger partial charge in [-0.05, 0) is 36.4 Å². The van der Waals surface area contributed by atoms with Crippen LogP contribution in [0.4, 0.5) is 22.0 Å². The Morgan fingerprint density at radius 2 is 1.76 bits per heavy atom. The third kappa shape index (κ3) is 4.87. The Balaban J connectivity index is 4.00. The molecule has 0 aliphatic rings. The zero-order valence-electron chi connectivity index (χ0n) is 13.5. The van der Waals surface area contributed by atoms with Crippen molar-refractivity contribution in [2.24, 2.45) is 5.92 Å². The van der Waals surface area contributed by atoms with Crippen molar-refractivity contribution in [2.75, 3.05) is 6.61 Å². The molecule has 0 saturated heterocycles. The van der Waals surface area contributed by atoms with E-state index in [0.29, 0.717) is 0 Å². The molecule has 1 aromatic rings. The summed E-state index contributed by atoms with van der Waals surface area (Å²) in [5, 5.41) is -1.42. The molecular formula is C15H15ClF5NO3. The van der Waals surface area contributed by atoms with E-state index in [2.05, 4.69) is 9.72 Å². The molecule has 0 spiro atoms. The first-order valence-electron chi connectivity index (χ1n) is 7.20. The number of rotatable bonds is 6. The van der Waals surface area contributed by atoms with Crippen LogP contribution in [0, 0.1) is 5.92 Å². The Morgan fingerprint density at radius 3 is 2.12 bits per heavy atom.